The fourth-order valence-corrected chi connectivity index (χ4v) is 5.28. The molecule has 2 aliphatic carbocycles. The first-order valence-electron chi connectivity index (χ1n) is 6.23. The Morgan fingerprint density at radius 3 is 2.50 bits per heavy atom. The maximum atomic E-state index is 12.7. The molecular weight excluding hydrogens is 270 g/mol. The lowest BCUT2D eigenvalue weighted by molar-refractivity contribution is 0.389. The largest absolute Gasteiger partial charge is 0.375 e. The molecule has 0 unspecified atom stereocenters. The summed E-state index contributed by atoms with van der Waals surface area (Å²) < 4.78 is 27.3. The van der Waals surface area contributed by atoms with E-state index in [1.54, 1.807) is 11.2 Å². The number of anilines is 1. The highest BCUT2D eigenvalue weighted by Gasteiger charge is 2.42. The quantitative estimate of drug-likeness (QED) is 0.892. The fraction of sp³-hybridized carbons (Fsp3) is 0.727. The molecule has 0 saturated heterocycles. The van der Waals surface area contributed by atoms with Crippen molar-refractivity contribution < 1.29 is 8.42 Å². The minimum Gasteiger partial charge on any atom is -0.375 e. The highest BCUT2D eigenvalue weighted by atomic mass is 32.2. The molecule has 1 heterocycles. The van der Waals surface area contributed by atoms with E-state index >= 15 is 0 Å². The van der Waals surface area contributed by atoms with Crippen LogP contribution in [0, 0.1) is 12.8 Å². The summed E-state index contributed by atoms with van der Waals surface area (Å²) in [6.45, 7) is 2.38. The van der Waals surface area contributed by atoms with Crippen LogP contribution in [0.25, 0.3) is 0 Å². The molecule has 0 radical (unpaired) electrons. The molecule has 7 heteroatoms. The molecule has 2 aliphatic rings. The number of thiazole rings is 1. The molecule has 2 saturated carbocycles. The molecule has 3 rings (SSSR count). The van der Waals surface area contributed by atoms with Gasteiger partial charge in [-0.25, -0.2) is 13.4 Å². The SMILES string of the molecule is Cc1nc(N)sc1S(=O)(=O)N(CC1CC1)C1CC1. The third kappa shape index (κ3) is 2.26. The molecular formula is C11H17N3O2S2. The second-order valence-electron chi connectivity index (χ2n) is 5.17. The summed E-state index contributed by atoms with van der Waals surface area (Å²) in [6.07, 6.45) is 4.28. The molecule has 2 fully saturated rings. The van der Waals surface area contributed by atoms with Crippen LogP contribution in [0.5, 0.6) is 0 Å². The molecule has 0 amide bonds. The Balaban J connectivity index is 1.93. The average Bonchev–Trinajstić information content (AvgIpc) is 3.15. The van der Waals surface area contributed by atoms with Crippen molar-refractivity contribution in [1.82, 2.24) is 9.29 Å². The standard InChI is InChI=1S/C11H17N3O2S2/c1-7-10(17-11(12)13-7)18(15,16)14(9-4-5-9)6-8-2-3-8/h8-9H,2-6H2,1H3,(H2,12,13). The second kappa shape index (κ2) is 4.18. The number of hydrogen-bond donors (Lipinski definition) is 1. The van der Waals surface area contributed by atoms with Gasteiger partial charge in [-0.05, 0) is 38.5 Å². The average molecular weight is 287 g/mol. The highest BCUT2D eigenvalue weighted by molar-refractivity contribution is 7.91. The Morgan fingerprint density at radius 2 is 2.06 bits per heavy atom. The minimum atomic E-state index is -3.39. The van der Waals surface area contributed by atoms with Gasteiger partial charge in [-0.1, -0.05) is 11.3 Å². The van der Waals surface area contributed by atoms with Crippen molar-refractivity contribution in [1.29, 1.82) is 0 Å². The third-order valence-electron chi connectivity index (χ3n) is 3.40. The molecule has 0 atom stereocenters. The van der Waals surface area contributed by atoms with Gasteiger partial charge in [0.05, 0.1) is 5.69 Å². The van der Waals surface area contributed by atoms with E-state index in [-0.39, 0.29) is 6.04 Å². The first kappa shape index (κ1) is 12.4. The van der Waals surface area contributed by atoms with Crippen LogP contribution in [0.2, 0.25) is 0 Å². The molecule has 0 aromatic carbocycles. The molecule has 100 valence electrons. The Labute approximate surface area is 111 Å². The van der Waals surface area contributed by atoms with E-state index in [2.05, 4.69) is 4.98 Å². The normalized spacial score (nSPS) is 20.6. The van der Waals surface area contributed by atoms with Gasteiger partial charge in [0.2, 0.25) is 0 Å². The van der Waals surface area contributed by atoms with Crippen LogP contribution in [-0.2, 0) is 10.0 Å². The number of hydrogen-bond acceptors (Lipinski definition) is 5. The van der Waals surface area contributed by atoms with E-state index in [0.29, 0.717) is 27.5 Å². The lowest BCUT2D eigenvalue weighted by Crippen LogP contribution is -2.34. The molecule has 0 aliphatic heterocycles. The van der Waals surface area contributed by atoms with E-state index in [9.17, 15) is 8.42 Å². The number of aryl methyl sites for hydroxylation is 1. The topological polar surface area (TPSA) is 76.3 Å². The summed E-state index contributed by atoms with van der Waals surface area (Å²) >= 11 is 1.08. The Kier molecular flexibility index (Phi) is 2.87. The summed E-state index contributed by atoms with van der Waals surface area (Å²) in [5.74, 6) is 0.561. The van der Waals surface area contributed by atoms with E-state index in [0.717, 1.165) is 37.0 Å². The van der Waals surface area contributed by atoms with E-state index < -0.39 is 10.0 Å². The smallest absolute Gasteiger partial charge is 0.254 e. The summed E-state index contributed by atoms with van der Waals surface area (Å²) in [5.41, 5.74) is 6.13. The van der Waals surface area contributed by atoms with Crippen molar-refractivity contribution >= 4 is 26.5 Å². The van der Waals surface area contributed by atoms with E-state index in [1.165, 1.54) is 0 Å². The van der Waals surface area contributed by atoms with Crippen molar-refractivity contribution in [3.05, 3.63) is 5.69 Å². The van der Waals surface area contributed by atoms with Gasteiger partial charge in [0.25, 0.3) is 10.0 Å². The van der Waals surface area contributed by atoms with Gasteiger partial charge in [-0.2, -0.15) is 4.31 Å². The van der Waals surface area contributed by atoms with E-state index in [4.69, 9.17) is 5.73 Å². The Hall–Kier alpha value is -0.660. The van der Waals surface area contributed by atoms with E-state index in [1.807, 2.05) is 0 Å². The lowest BCUT2D eigenvalue weighted by atomic mass is 10.4. The highest BCUT2D eigenvalue weighted by Crippen LogP contribution is 2.39. The molecule has 0 spiro atoms. The number of rotatable bonds is 5. The number of nitrogens with zero attached hydrogens (tertiary/aromatic N) is 2. The van der Waals surface area contributed by atoms with Gasteiger partial charge < -0.3 is 5.73 Å². The van der Waals surface area contributed by atoms with Gasteiger partial charge >= 0.3 is 0 Å². The zero-order chi connectivity index (χ0) is 12.9. The van der Waals surface area contributed by atoms with Crippen molar-refractivity contribution in [3.8, 4) is 0 Å². The first-order chi connectivity index (χ1) is 8.48. The van der Waals surface area contributed by atoms with Gasteiger partial charge in [0, 0.05) is 12.6 Å². The number of nitrogens with two attached hydrogens (primary N) is 1. The van der Waals surface area contributed by atoms with Crippen molar-refractivity contribution in [3.63, 3.8) is 0 Å². The Bertz CT molecular complexity index is 559. The monoisotopic (exact) mass is 287 g/mol. The van der Waals surface area contributed by atoms with Gasteiger partial charge in [-0.3, -0.25) is 0 Å². The van der Waals surface area contributed by atoms with Crippen LogP contribution in [-0.4, -0.2) is 30.3 Å². The maximum Gasteiger partial charge on any atom is 0.254 e. The second-order valence-corrected chi connectivity index (χ2v) is 8.29. The fourth-order valence-electron chi connectivity index (χ4n) is 2.11. The summed E-state index contributed by atoms with van der Waals surface area (Å²) in [5, 5.41) is 0.327. The number of aromatic nitrogens is 1. The van der Waals surface area contributed by atoms with Crippen molar-refractivity contribution in [2.75, 3.05) is 12.3 Å². The number of sulfonamides is 1. The van der Waals surface area contributed by atoms with Crippen LogP contribution >= 0.6 is 11.3 Å². The van der Waals surface area contributed by atoms with Crippen molar-refractivity contribution in [2.24, 2.45) is 5.92 Å². The van der Waals surface area contributed by atoms with Crippen molar-refractivity contribution in [2.45, 2.75) is 42.9 Å². The zero-order valence-electron chi connectivity index (χ0n) is 10.3. The van der Waals surface area contributed by atoms with Crippen LogP contribution in [0.1, 0.15) is 31.4 Å². The van der Waals surface area contributed by atoms with Gasteiger partial charge in [-0.15, -0.1) is 0 Å². The molecule has 2 N–H and O–H groups in total. The predicted octanol–water partition coefficient (Wildman–Crippen LogP) is 1.60. The molecule has 1 aromatic heterocycles. The minimum absolute atomic E-state index is 0.207. The summed E-state index contributed by atoms with van der Waals surface area (Å²) in [4.78, 5) is 4.02. The van der Waals surface area contributed by atoms with Crippen LogP contribution in [0.15, 0.2) is 4.21 Å². The lowest BCUT2D eigenvalue weighted by Gasteiger charge is -2.20. The predicted molar refractivity (Wildman–Crippen MR) is 70.9 cm³/mol. The van der Waals surface area contributed by atoms with Crippen LogP contribution in [0.4, 0.5) is 5.13 Å². The molecule has 0 bridgehead atoms. The number of nitrogen functional groups attached to an aromatic ring is 1. The Morgan fingerprint density at radius 1 is 1.39 bits per heavy atom. The zero-order valence-corrected chi connectivity index (χ0v) is 11.9. The van der Waals surface area contributed by atoms with Gasteiger partial charge in [0.15, 0.2) is 9.34 Å². The van der Waals surface area contributed by atoms with Crippen LogP contribution < -0.4 is 5.73 Å². The summed E-state index contributed by atoms with van der Waals surface area (Å²) in [6, 6.07) is 0.207. The van der Waals surface area contributed by atoms with Crippen LogP contribution in [0.3, 0.4) is 0 Å². The molecule has 18 heavy (non-hydrogen) atoms. The summed E-state index contributed by atoms with van der Waals surface area (Å²) in [7, 11) is -3.39. The maximum absolute atomic E-state index is 12.7. The molecule has 5 nitrogen and oxygen atoms in total. The third-order valence-corrected chi connectivity index (χ3v) is 6.89. The molecule has 1 aromatic rings. The first-order valence-corrected chi connectivity index (χ1v) is 8.49. The van der Waals surface area contributed by atoms with Gasteiger partial charge in [0.1, 0.15) is 0 Å².